The Morgan fingerprint density at radius 3 is 2.81 bits per heavy atom. The average molecular weight is 238 g/mol. The fourth-order valence-electron chi connectivity index (χ4n) is 1.49. The quantitative estimate of drug-likeness (QED) is 0.861. The van der Waals surface area contributed by atoms with Gasteiger partial charge in [-0.25, -0.2) is 4.79 Å². The first kappa shape index (κ1) is 10.9. The monoisotopic (exact) mass is 238 g/mol. The van der Waals surface area contributed by atoms with Crippen molar-refractivity contribution in [3.05, 3.63) is 45.5 Å². The van der Waals surface area contributed by atoms with E-state index < -0.39 is 12.1 Å². The second kappa shape index (κ2) is 4.11. The van der Waals surface area contributed by atoms with Gasteiger partial charge < -0.3 is 14.6 Å². The molecule has 0 saturated heterocycles. The van der Waals surface area contributed by atoms with E-state index in [-0.39, 0.29) is 5.56 Å². The first-order chi connectivity index (χ1) is 7.61. The summed E-state index contributed by atoms with van der Waals surface area (Å²) in [6.45, 7) is 1.80. The second-order valence-electron chi connectivity index (χ2n) is 3.37. The number of aliphatic hydroxyl groups excluding tert-OH is 1. The van der Waals surface area contributed by atoms with Gasteiger partial charge in [-0.1, -0.05) is 0 Å². The van der Waals surface area contributed by atoms with Crippen molar-refractivity contribution in [1.82, 2.24) is 0 Å². The Kier molecular flexibility index (Phi) is 2.80. The van der Waals surface area contributed by atoms with E-state index in [1.807, 2.05) is 0 Å². The molecule has 2 N–H and O–H groups in total. The molecule has 2 heterocycles. The van der Waals surface area contributed by atoms with Gasteiger partial charge in [-0.3, -0.25) is 0 Å². The van der Waals surface area contributed by atoms with Crippen LogP contribution in [0.25, 0.3) is 0 Å². The largest absolute Gasteiger partial charge is 0.478 e. The van der Waals surface area contributed by atoms with Gasteiger partial charge in [0.05, 0.1) is 16.7 Å². The van der Waals surface area contributed by atoms with Gasteiger partial charge in [-0.2, -0.15) is 0 Å². The number of carboxylic acids is 1. The van der Waals surface area contributed by atoms with Crippen molar-refractivity contribution >= 4 is 17.3 Å². The van der Waals surface area contributed by atoms with Crippen molar-refractivity contribution < 1.29 is 19.4 Å². The van der Waals surface area contributed by atoms with Crippen LogP contribution in [0.4, 0.5) is 0 Å². The number of furan rings is 1. The van der Waals surface area contributed by atoms with Crippen LogP contribution in [-0.2, 0) is 0 Å². The Balaban J connectivity index is 2.42. The van der Waals surface area contributed by atoms with Crippen molar-refractivity contribution in [3.8, 4) is 0 Å². The molecule has 2 aromatic rings. The lowest BCUT2D eigenvalue weighted by Crippen LogP contribution is -2.04. The third kappa shape index (κ3) is 1.75. The maximum Gasteiger partial charge on any atom is 0.336 e. The minimum absolute atomic E-state index is 0.119. The predicted molar refractivity (Wildman–Crippen MR) is 58.8 cm³/mol. The van der Waals surface area contributed by atoms with Gasteiger partial charge in [0.25, 0.3) is 0 Å². The lowest BCUT2D eigenvalue weighted by Gasteiger charge is -2.08. The van der Waals surface area contributed by atoms with Crippen LogP contribution >= 0.6 is 11.3 Å². The lowest BCUT2D eigenvalue weighted by molar-refractivity contribution is 0.0691. The number of hydrogen-bond acceptors (Lipinski definition) is 4. The molecular formula is C11H10O4S. The molecule has 5 heteroatoms. The zero-order valence-corrected chi connectivity index (χ0v) is 9.32. The highest BCUT2D eigenvalue weighted by Crippen LogP contribution is 2.31. The van der Waals surface area contributed by atoms with E-state index in [2.05, 4.69) is 0 Å². The molecule has 0 aliphatic carbocycles. The van der Waals surface area contributed by atoms with Gasteiger partial charge in [-0.05, 0) is 30.0 Å². The Morgan fingerprint density at radius 2 is 2.25 bits per heavy atom. The maximum absolute atomic E-state index is 10.9. The molecule has 2 rings (SSSR count). The summed E-state index contributed by atoms with van der Waals surface area (Å²) in [6.07, 6.45) is 0.461. The number of rotatable bonds is 3. The standard InChI is InChI=1S/C11H10O4S/c1-6-2-4-15-9(6)8(12)10-7(11(13)14)3-5-16-10/h2-5,8,12H,1H3,(H,13,14). The van der Waals surface area contributed by atoms with E-state index in [9.17, 15) is 9.90 Å². The number of aliphatic hydroxyl groups is 1. The minimum Gasteiger partial charge on any atom is -0.478 e. The van der Waals surface area contributed by atoms with Gasteiger partial charge >= 0.3 is 5.97 Å². The smallest absolute Gasteiger partial charge is 0.336 e. The van der Waals surface area contributed by atoms with Gasteiger partial charge in [0.15, 0.2) is 0 Å². The van der Waals surface area contributed by atoms with Gasteiger partial charge in [0.1, 0.15) is 11.9 Å². The molecule has 84 valence electrons. The van der Waals surface area contributed by atoms with E-state index >= 15 is 0 Å². The van der Waals surface area contributed by atoms with E-state index in [1.54, 1.807) is 18.4 Å². The molecule has 16 heavy (non-hydrogen) atoms. The highest BCUT2D eigenvalue weighted by Gasteiger charge is 2.23. The summed E-state index contributed by atoms with van der Waals surface area (Å²) < 4.78 is 5.15. The summed E-state index contributed by atoms with van der Waals surface area (Å²) in [5.74, 6) is -0.649. The number of aromatic carboxylic acids is 1. The zero-order valence-electron chi connectivity index (χ0n) is 8.51. The van der Waals surface area contributed by atoms with Gasteiger partial charge in [0.2, 0.25) is 0 Å². The molecule has 0 aromatic carbocycles. The van der Waals surface area contributed by atoms with Crippen LogP contribution in [0.1, 0.15) is 32.7 Å². The van der Waals surface area contributed by atoms with Crippen molar-refractivity contribution in [2.75, 3.05) is 0 Å². The fourth-order valence-corrected chi connectivity index (χ4v) is 2.36. The highest BCUT2D eigenvalue weighted by atomic mass is 32.1. The number of aryl methyl sites for hydroxylation is 1. The molecule has 0 aliphatic rings. The Morgan fingerprint density at radius 1 is 1.50 bits per heavy atom. The van der Waals surface area contributed by atoms with Crippen molar-refractivity contribution in [2.24, 2.45) is 0 Å². The van der Waals surface area contributed by atoms with Crippen LogP contribution in [0.15, 0.2) is 28.2 Å². The Labute approximate surface area is 95.8 Å². The average Bonchev–Trinajstić information content (AvgIpc) is 2.84. The fraction of sp³-hybridized carbons (Fsp3) is 0.182. The molecular weight excluding hydrogens is 228 g/mol. The van der Waals surface area contributed by atoms with Crippen molar-refractivity contribution in [2.45, 2.75) is 13.0 Å². The lowest BCUT2D eigenvalue weighted by atomic mass is 10.1. The summed E-state index contributed by atoms with van der Waals surface area (Å²) in [5.41, 5.74) is 0.922. The third-order valence-corrected chi connectivity index (χ3v) is 3.29. The first-order valence-corrected chi connectivity index (χ1v) is 5.52. The van der Waals surface area contributed by atoms with E-state index in [0.717, 1.165) is 5.56 Å². The van der Waals surface area contributed by atoms with E-state index in [0.29, 0.717) is 10.6 Å². The molecule has 0 amide bonds. The zero-order chi connectivity index (χ0) is 11.7. The van der Waals surface area contributed by atoms with Crippen LogP contribution in [0, 0.1) is 6.92 Å². The molecule has 1 atom stereocenters. The minimum atomic E-state index is -1.04. The van der Waals surface area contributed by atoms with Crippen LogP contribution in [-0.4, -0.2) is 16.2 Å². The molecule has 0 saturated carbocycles. The molecule has 2 aromatic heterocycles. The SMILES string of the molecule is Cc1ccoc1C(O)c1sccc1C(=O)O. The van der Waals surface area contributed by atoms with Crippen LogP contribution in [0.2, 0.25) is 0 Å². The summed E-state index contributed by atoms with van der Waals surface area (Å²) in [7, 11) is 0. The third-order valence-electron chi connectivity index (χ3n) is 2.32. The molecule has 4 nitrogen and oxygen atoms in total. The molecule has 0 fully saturated rings. The Bertz CT molecular complexity index is 512. The molecule has 0 bridgehead atoms. The number of carboxylic acid groups (broad SMARTS) is 1. The summed E-state index contributed by atoms with van der Waals surface area (Å²) in [5, 5.41) is 20.6. The van der Waals surface area contributed by atoms with E-state index in [1.165, 1.54) is 23.7 Å². The molecule has 1 unspecified atom stereocenters. The van der Waals surface area contributed by atoms with Gasteiger partial charge in [-0.15, -0.1) is 11.3 Å². The maximum atomic E-state index is 10.9. The molecule has 0 spiro atoms. The molecule has 0 aliphatic heterocycles. The highest BCUT2D eigenvalue weighted by molar-refractivity contribution is 7.10. The van der Waals surface area contributed by atoms with Gasteiger partial charge in [0, 0.05) is 0 Å². The van der Waals surface area contributed by atoms with E-state index in [4.69, 9.17) is 9.52 Å². The summed E-state index contributed by atoms with van der Waals surface area (Å²) >= 11 is 1.20. The normalized spacial score (nSPS) is 12.6. The number of thiophene rings is 1. The van der Waals surface area contributed by atoms with Crippen molar-refractivity contribution in [3.63, 3.8) is 0 Å². The number of carbonyl (C=O) groups is 1. The predicted octanol–water partition coefficient (Wildman–Crippen LogP) is 2.43. The summed E-state index contributed by atoms with van der Waals surface area (Å²) in [4.78, 5) is 11.3. The Hall–Kier alpha value is -1.59. The topological polar surface area (TPSA) is 70.7 Å². The first-order valence-electron chi connectivity index (χ1n) is 4.64. The second-order valence-corrected chi connectivity index (χ2v) is 4.32. The van der Waals surface area contributed by atoms with Crippen LogP contribution in [0.5, 0.6) is 0 Å². The summed E-state index contributed by atoms with van der Waals surface area (Å²) in [6, 6.07) is 3.20. The number of hydrogen-bond donors (Lipinski definition) is 2. The van der Waals surface area contributed by atoms with Crippen LogP contribution in [0.3, 0.4) is 0 Å². The van der Waals surface area contributed by atoms with Crippen molar-refractivity contribution in [1.29, 1.82) is 0 Å². The molecule has 0 radical (unpaired) electrons. The van der Waals surface area contributed by atoms with Crippen LogP contribution < -0.4 is 0 Å².